The lowest BCUT2D eigenvalue weighted by Gasteiger charge is -2.26. The molecule has 1 aromatic carbocycles. The summed E-state index contributed by atoms with van der Waals surface area (Å²) in [6.07, 6.45) is 1.30. The third-order valence-corrected chi connectivity index (χ3v) is 3.55. The maximum absolute atomic E-state index is 7.83. The molecular formula is C15H23N3O. The highest BCUT2D eigenvalue weighted by atomic mass is 16.5. The average Bonchev–Trinajstić information content (AvgIpc) is 2.61. The summed E-state index contributed by atoms with van der Waals surface area (Å²) >= 11 is 0. The highest BCUT2D eigenvalue weighted by Crippen LogP contribution is 2.18. The molecule has 0 saturated carbocycles. The van der Waals surface area contributed by atoms with Crippen LogP contribution in [0.2, 0.25) is 0 Å². The van der Waals surface area contributed by atoms with Crippen LogP contribution in [0.4, 0.5) is 0 Å². The van der Waals surface area contributed by atoms with Crippen molar-refractivity contribution in [3.63, 3.8) is 0 Å². The van der Waals surface area contributed by atoms with E-state index < -0.39 is 0 Å². The molecule has 0 spiro atoms. The summed E-state index contributed by atoms with van der Waals surface area (Å²) in [7, 11) is 0. The van der Waals surface area contributed by atoms with Gasteiger partial charge in [-0.25, -0.2) is 0 Å². The van der Waals surface area contributed by atoms with Gasteiger partial charge < -0.3 is 10.5 Å². The van der Waals surface area contributed by atoms with Gasteiger partial charge in [-0.15, -0.1) is 0 Å². The summed E-state index contributed by atoms with van der Waals surface area (Å²) in [5.41, 5.74) is 6.90. The Hall–Kier alpha value is -1.39. The number of rotatable bonds is 4. The molecule has 1 aliphatic heterocycles. The average molecular weight is 261 g/mol. The summed E-state index contributed by atoms with van der Waals surface area (Å²) < 4.78 is 5.65. The van der Waals surface area contributed by atoms with Crippen molar-refractivity contribution < 1.29 is 4.74 Å². The lowest BCUT2D eigenvalue weighted by Crippen LogP contribution is -2.37. The van der Waals surface area contributed by atoms with Crippen LogP contribution in [0, 0.1) is 5.41 Å². The molecule has 2 atom stereocenters. The minimum atomic E-state index is -0.0218. The molecule has 4 heteroatoms. The number of amidine groups is 1. The second kappa shape index (κ2) is 6.68. The normalized spacial score (nSPS) is 22.7. The minimum absolute atomic E-state index is 0.0218. The van der Waals surface area contributed by atoms with Crippen LogP contribution in [0.15, 0.2) is 30.3 Å². The van der Waals surface area contributed by atoms with Crippen LogP contribution in [-0.4, -0.2) is 43.1 Å². The molecule has 0 aromatic heterocycles. The van der Waals surface area contributed by atoms with Crippen molar-refractivity contribution in [2.24, 2.45) is 5.73 Å². The molecule has 1 fully saturated rings. The first-order valence-corrected chi connectivity index (χ1v) is 6.89. The fourth-order valence-electron chi connectivity index (χ4n) is 2.57. The van der Waals surface area contributed by atoms with Gasteiger partial charge in [0.2, 0.25) is 0 Å². The quantitative estimate of drug-likeness (QED) is 0.642. The molecule has 1 heterocycles. The van der Waals surface area contributed by atoms with Gasteiger partial charge in [0, 0.05) is 26.2 Å². The first-order chi connectivity index (χ1) is 9.16. The molecule has 0 aliphatic carbocycles. The van der Waals surface area contributed by atoms with Crippen molar-refractivity contribution in [2.75, 3.05) is 26.2 Å². The van der Waals surface area contributed by atoms with E-state index >= 15 is 0 Å². The summed E-state index contributed by atoms with van der Waals surface area (Å²) in [5.74, 6) is 0.218. The van der Waals surface area contributed by atoms with Crippen molar-refractivity contribution in [3.05, 3.63) is 35.9 Å². The van der Waals surface area contributed by atoms with Crippen LogP contribution >= 0.6 is 0 Å². The lowest BCUT2D eigenvalue weighted by atomic mass is 9.97. The molecular weight excluding hydrogens is 238 g/mol. The predicted molar refractivity (Wildman–Crippen MR) is 77.6 cm³/mol. The second-order valence-corrected chi connectivity index (χ2v) is 5.21. The number of nitrogens with two attached hydrogens (primary N) is 1. The van der Waals surface area contributed by atoms with Gasteiger partial charge in [-0.1, -0.05) is 30.3 Å². The van der Waals surface area contributed by atoms with Crippen molar-refractivity contribution in [2.45, 2.75) is 25.4 Å². The fourth-order valence-corrected chi connectivity index (χ4v) is 2.57. The zero-order valence-electron chi connectivity index (χ0n) is 11.5. The van der Waals surface area contributed by atoms with Gasteiger partial charge in [-0.2, -0.15) is 0 Å². The highest BCUT2D eigenvalue weighted by Gasteiger charge is 2.21. The number of hydrogen-bond acceptors (Lipinski definition) is 3. The van der Waals surface area contributed by atoms with Crippen molar-refractivity contribution in [3.8, 4) is 0 Å². The van der Waals surface area contributed by atoms with Crippen LogP contribution in [-0.2, 0) is 4.74 Å². The summed E-state index contributed by atoms with van der Waals surface area (Å²) in [4.78, 5) is 2.36. The van der Waals surface area contributed by atoms with Gasteiger partial charge >= 0.3 is 0 Å². The Morgan fingerprint density at radius 2 is 2.21 bits per heavy atom. The Balaban J connectivity index is 2.06. The SMILES string of the molecule is CC1CN(CC(C(=N)N)c2ccccc2)CCCO1. The Labute approximate surface area is 115 Å². The predicted octanol–water partition coefficient (Wildman–Crippen LogP) is 1.82. The van der Waals surface area contributed by atoms with E-state index in [1.165, 1.54) is 0 Å². The number of ether oxygens (including phenoxy) is 1. The van der Waals surface area contributed by atoms with E-state index in [0.717, 1.165) is 38.2 Å². The van der Waals surface area contributed by atoms with Gasteiger partial charge in [0.05, 0.1) is 17.9 Å². The maximum atomic E-state index is 7.83. The van der Waals surface area contributed by atoms with Gasteiger partial charge in [0.25, 0.3) is 0 Å². The van der Waals surface area contributed by atoms with Crippen LogP contribution in [0.3, 0.4) is 0 Å². The Morgan fingerprint density at radius 1 is 1.47 bits per heavy atom. The summed E-state index contributed by atoms with van der Waals surface area (Å²) in [6, 6.07) is 10.1. The molecule has 19 heavy (non-hydrogen) atoms. The highest BCUT2D eigenvalue weighted by molar-refractivity contribution is 5.84. The fraction of sp³-hybridized carbons (Fsp3) is 0.533. The first-order valence-electron chi connectivity index (χ1n) is 6.89. The van der Waals surface area contributed by atoms with Gasteiger partial charge in [-0.3, -0.25) is 10.3 Å². The molecule has 1 saturated heterocycles. The van der Waals surface area contributed by atoms with Crippen LogP contribution in [0.25, 0.3) is 0 Å². The Bertz CT molecular complexity index is 407. The topological polar surface area (TPSA) is 62.3 Å². The maximum Gasteiger partial charge on any atom is 0.0995 e. The largest absolute Gasteiger partial charge is 0.387 e. The number of nitrogens with one attached hydrogen (secondary N) is 1. The molecule has 3 N–H and O–H groups in total. The number of nitrogens with zero attached hydrogens (tertiary/aromatic N) is 1. The molecule has 1 aliphatic rings. The van der Waals surface area contributed by atoms with Crippen molar-refractivity contribution in [1.82, 2.24) is 4.90 Å². The van der Waals surface area contributed by atoms with E-state index in [0.29, 0.717) is 0 Å². The van der Waals surface area contributed by atoms with E-state index in [2.05, 4.69) is 11.8 Å². The van der Waals surface area contributed by atoms with Gasteiger partial charge in [-0.05, 0) is 18.9 Å². The summed E-state index contributed by atoms with van der Waals surface area (Å²) in [6.45, 7) is 5.65. The Morgan fingerprint density at radius 3 is 2.89 bits per heavy atom. The van der Waals surface area contributed by atoms with E-state index in [9.17, 15) is 0 Å². The first kappa shape index (κ1) is 14.0. The molecule has 0 amide bonds. The number of hydrogen-bond donors (Lipinski definition) is 2. The molecule has 1 aromatic rings. The van der Waals surface area contributed by atoms with Crippen molar-refractivity contribution >= 4 is 5.84 Å². The summed E-state index contributed by atoms with van der Waals surface area (Å²) in [5, 5.41) is 7.83. The van der Waals surface area contributed by atoms with E-state index in [-0.39, 0.29) is 17.9 Å². The van der Waals surface area contributed by atoms with Gasteiger partial charge in [0.1, 0.15) is 0 Å². The number of benzene rings is 1. The van der Waals surface area contributed by atoms with Crippen LogP contribution < -0.4 is 5.73 Å². The minimum Gasteiger partial charge on any atom is -0.387 e. The van der Waals surface area contributed by atoms with Crippen LogP contribution in [0.5, 0.6) is 0 Å². The van der Waals surface area contributed by atoms with Crippen LogP contribution in [0.1, 0.15) is 24.8 Å². The molecule has 4 nitrogen and oxygen atoms in total. The van der Waals surface area contributed by atoms with E-state index in [1.807, 2.05) is 30.3 Å². The molecule has 2 rings (SSSR count). The Kier molecular flexibility index (Phi) is 4.93. The third kappa shape index (κ3) is 4.04. The molecule has 104 valence electrons. The molecule has 0 radical (unpaired) electrons. The van der Waals surface area contributed by atoms with E-state index in [4.69, 9.17) is 15.9 Å². The molecule has 2 unspecified atom stereocenters. The van der Waals surface area contributed by atoms with Crippen molar-refractivity contribution in [1.29, 1.82) is 5.41 Å². The lowest BCUT2D eigenvalue weighted by molar-refractivity contribution is 0.0676. The zero-order valence-corrected chi connectivity index (χ0v) is 11.5. The third-order valence-electron chi connectivity index (χ3n) is 3.55. The van der Waals surface area contributed by atoms with Gasteiger partial charge in [0.15, 0.2) is 0 Å². The second-order valence-electron chi connectivity index (χ2n) is 5.21. The van der Waals surface area contributed by atoms with E-state index in [1.54, 1.807) is 0 Å². The smallest absolute Gasteiger partial charge is 0.0995 e. The monoisotopic (exact) mass is 261 g/mol. The zero-order chi connectivity index (χ0) is 13.7. The standard InChI is InChI=1S/C15H23N3O/c1-12-10-18(8-5-9-19-12)11-14(15(16)17)13-6-3-2-4-7-13/h2-4,6-7,12,14H,5,8-11H2,1H3,(H3,16,17). The molecule has 0 bridgehead atoms.